The van der Waals surface area contributed by atoms with Crippen LogP contribution in [0.3, 0.4) is 0 Å². The second kappa shape index (κ2) is 14.2. The van der Waals surface area contributed by atoms with E-state index in [-0.39, 0.29) is 37.6 Å². The minimum atomic E-state index is -4.63. The summed E-state index contributed by atoms with van der Waals surface area (Å²) in [6.45, 7) is -0.802. The van der Waals surface area contributed by atoms with E-state index >= 15 is 0 Å². The van der Waals surface area contributed by atoms with Crippen molar-refractivity contribution in [3.05, 3.63) is 94.5 Å². The topological polar surface area (TPSA) is 99.4 Å². The van der Waals surface area contributed by atoms with Crippen LogP contribution in [-0.2, 0) is 6.18 Å². The molecule has 0 amide bonds. The van der Waals surface area contributed by atoms with E-state index in [0.29, 0.717) is 22.6 Å². The molecular weight excluding hydrogens is 513 g/mol. The zero-order chi connectivity index (χ0) is 28.3. The van der Waals surface area contributed by atoms with Crippen LogP contribution in [0.15, 0.2) is 66.7 Å². The van der Waals surface area contributed by atoms with Crippen molar-refractivity contribution < 1.29 is 43.1 Å². The molecule has 9 heteroatoms. The van der Waals surface area contributed by atoms with Crippen LogP contribution in [0.25, 0.3) is 0 Å². The van der Waals surface area contributed by atoms with E-state index in [0.717, 1.165) is 6.07 Å². The van der Waals surface area contributed by atoms with Gasteiger partial charge in [-0.2, -0.15) is 13.2 Å². The number of alkyl halides is 3. The highest BCUT2D eigenvalue weighted by atomic mass is 19.4. The van der Waals surface area contributed by atoms with Gasteiger partial charge in [-0.3, -0.25) is 0 Å². The van der Waals surface area contributed by atoms with Gasteiger partial charge in [0.05, 0.1) is 32.0 Å². The fourth-order valence-corrected chi connectivity index (χ4v) is 3.14. The quantitative estimate of drug-likeness (QED) is 0.311. The second-order valence-electron chi connectivity index (χ2n) is 8.50. The van der Waals surface area contributed by atoms with Gasteiger partial charge in [-0.05, 0) is 66.7 Å². The summed E-state index contributed by atoms with van der Waals surface area (Å²) in [7, 11) is 0. The molecule has 3 rings (SSSR count). The van der Waals surface area contributed by atoms with Gasteiger partial charge in [0.15, 0.2) is 0 Å². The Balaban J connectivity index is 1.73. The Kier molecular flexibility index (Phi) is 10.8. The van der Waals surface area contributed by atoms with E-state index < -0.39 is 30.4 Å². The van der Waals surface area contributed by atoms with Gasteiger partial charge >= 0.3 is 6.18 Å². The zero-order valence-electron chi connectivity index (χ0n) is 20.8. The zero-order valence-corrected chi connectivity index (χ0v) is 20.8. The summed E-state index contributed by atoms with van der Waals surface area (Å²) in [4.78, 5) is 0. The van der Waals surface area contributed by atoms with Crippen LogP contribution in [0.1, 0.15) is 27.8 Å². The van der Waals surface area contributed by atoms with E-state index in [1.807, 2.05) is 0 Å². The highest BCUT2D eigenvalue weighted by Crippen LogP contribution is 2.32. The van der Waals surface area contributed by atoms with E-state index in [1.165, 1.54) is 12.1 Å². The Labute approximate surface area is 224 Å². The number of halogens is 3. The van der Waals surface area contributed by atoms with Crippen LogP contribution in [0, 0.1) is 29.6 Å². The molecule has 0 radical (unpaired) electrons. The maximum absolute atomic E-state index is 13.8. The van der Waals surface area contributed by atoms with Gasteiger partial charge in [0.25, 0.3) is 0 Å². The van der Waals surface area contributed by atoms with Crippen LogP contribution >= 0.6 is 0 Å². The Morgan fingerprint density at radius 2 is 1.13 bits per heavy atom. The lowest BCUT2D eigenvalue weighted by atomic mass is 10.0. The van der Waals surface area contributed by atoms with Crippen molar-refractivity contribution >= 4 is 0 Å². The van der Waals surface area contributed by atoms with Crippen LogP contribution in [0.2, 0.25) is 0 Å². The third kappa shape index (κ3) is 9.36. The van der Waals surface area contributed by atoms with Gasteiger partial charge in [0.1, 0.15) is 24.2 Å². The molecule has 0 saturated heterocycles. The predicted octanol–water partition coefficient (Wildman–Crippen LogP) is 3.22. The number of aliphatic hydroxyl groups is 4. The number of rotatable bonds is 9. The summed E-state index contributed by atoms with van der Waals surface area (Å²) in [5.74, 6) is 11.4. The summed E-state index contributed by atoms with van der Waals surface area (Å²) in [6.07, 6.45) is -5.63. The number of benzene rings is 3. The Hall–Kier alpha value is -3.99. The summed E-state index contributed by atoms with van der Waals surface area (Å²) >= 11 is 0. The van der Waals surface area contributed by atoms with Crippen molar-refractivity contribution in [2.24, 2.45) is 5.92 Å². The van der Waals surface area contributed by atoms with Crippen molar-refractivity contribution in [2.75, 3.05) is 33.0 Å². The fourth-order valence-electron chi connectivity index (χ4n) is 3.14. The first-order valence-electron chi connectivity index (χ1n) is 11.9. The molecule has 0 heterocycles. The van der Waals surface area contributed by atoms with E-state index in [4.69, 9.17) is 24.8 Å². The van der Waals surface area contributed by atoms with Gasteiger partial charge in [0.2, 0.25) is 0 Å². The molecule has 204 valence electrons. The molecule has 0 aliphatic rings. The lowest BCUT2D eigenvalue weighted by Crippen LogP contribution is -2.21. The molecule has 0 saturated carbocycles. The van der Waals surface area contributed by atoms with E-state index in [2.05, 4.69) is 23.7 Å². The first-order valence-corrected chi connectivity index (χ1v) is 11.9. The molecule has 4 N–H and O–H groups in total. The Morgan fingerprint density at radius 3 is 1.64 bits per heavy atom. The summed E-state index contributed by atoms with van der Waals surface area (Å²) in [5, 5.41) is 36.3. The lowest BCUT2D eigenvalue weighted by Gasteiger charge is -2.12. The van der Waals surface area contributed by atoms with Crippen LogP contribution < -0.4 is 9.47 Å². The highest BCUT2D eigenvalue weighted by molar-refractivity contribution is 5.53. The summed E-state index contributed by atoms with van der Waals surface area (Å²) < 4.78 is 52.1. The maximum atomic E-state index is 13.8. The van der Waals surface area contributed by atoms with E-state index in [9.17, 15) is 18.3 Å². The van der Waals surface area contributed by atoms with Gasteiger partial charge in [0, 0.05) is 28.2 Å². The molecule has 39 heavy (non-hydrogen) atoms. The molecule has 1 atom stereocenters. The number of hydrogen-bond donors (Lipinski definition) is 4. The van der Waals surface area contributed by atoms with Crippen molar-refractivity contribution in [3.63, 3.8) is 0 Å². The van der Waals surface area contributed by atoms with Gasteiger partial charge in [-0.25, -0.2) is 0 Å². The van der Waals surface area contributed by atoms with Gasteiger partial charge < -0.3 is 29.9 Å². The number of aliphatic hydroxyl groups excluding tert-OH is 4. The largest absolute Gasteiger partial charge is 0.493 e. The molecule has 0 bridgehead atoms. The number of hydrogen-bond acceptors (Lipinski definition) is 6. The smallest absolute Gasteiger partial charge is 0.417 e. The van der Waals surface area contributed by atoms with Crippen LogP contribution in [-0.4, -0.2) is 59.6 Å². The molecule has 1 unspecified atom stereocenters. The van der Waals surface area contributed by atoms with Crippen molar-refractivity contribution in [1.82, 2.24) is 0 Å². The predicted molar refractivity (Wildman–Crippen MR) is 138 cm³/mol. The molecule has 0 aromatic heterocycles. The minimum Gasteiger partial charge on any atom is -0.493 e. The second-order valence-corrected chi connectivity index (χ2v) is 8.50. The van der Waals surface area contributed by atoms with Crippen molar-refractivity contribution in [3.8, 4) is 35.2 Å². The van der Waals surface area contributed by atoms with Crippen molar-refractivity contribution in [2.45, 2.75) is 12.3 Å². The highest BCUT2D eigenvalue weighted by Gasteiger charge is 2.33. The molecular formula is C30H27F3O6. The first kappa shape index (κ1) is 29.6. The SMILES string of the molecule is OCC(O)COc1ccc(C#Cc2ccc(C#Cc3ccc(OCC(CO)CO)cc3)c(C(F)(F)F)c2)cc1. The Morgan fingerprint density at radius 1 is 0.641 bits per heavy atom. The molecule has 3 aromatic rings. The molecule has 0 spiro atoms. The maximum Gasteiger partial charge on any atom is 0.417 e. The molecule has 0 aliphatic carbocycles. The Bertz CT molecular complexity index is 1330. The third-order valence-electron chi connectivity index (χ3n) is 5.38. The average Bonchev–Trinajstić information content (AvgIpc) is 2.95. The normalized spacial score (nSPS) is 11.7. The van der Waals surface area contributed by atoms with Gasteiger partial charge in [-0.1, -0.05) is 23.7 Å². The fraction of sp³-hybridized carbons (Fsp3) is 0.267. The molecule has 3 aromatic carbocycles. The minimum absolute atomic E-state index is 0.0755. The molecule has 0 aliphatic heterocycles. The molecule has 0 fully saturated rings. The van der Waals surface area contributed by atoms with Crippen LogP contribution in [0.4, 0.5) is 13.2 Å². The number of ether oxygens (including phenoxy) is 2. The third-order valence-corrected chi connectivity index (χ3v) is 5.38. The van der Waals surface area contributed by atoms with Crippen LogP contribution in [0.5, 0.6) is 11.5 Å². The first-order chi connectivity index (χ1) is 18.7. The molecule has 6 nitrogen and oxygen atoms in total. The lowest BCUT2D eigenvalue weighted by molar-refractivity contribution is -0.137. The summed E-state index contributed by atoms with van der Waals surface area (Å²) in [6, 6.07) is 16.6. The standard InChI is InChI=1S/C30H27F3O6/c31-30(32,33)29-15-23(2-1-21-5-13-28(14-6-21)39-20-26(37)18-36)4-10-25(29)9-3-22-7-11-27(12-8-22)38-19-24(16-34)17-35/h4-8,10-15,24,26,34-37H,16-20H2. The van der Waals surface area contributed by atoms with Gasteiger partial charge in [-0.15, -0.1) is 0 Å². The monoisotopic (exact) mass is 540 g/mol. The van der Waals surface area contributed by atoms with Crippen molar-refractivity contribution in [1.29, 1.82) is 0 Å². The average molecular weight is 541 g/mol. The van der Waals surface area contributed by atoms with E-state index in [1.54, 1.807) is 48.5 Å². The summed E-state index contributed by atoms with van der Waals surface area (Å²) in [5.41, 5.74) is 0.127.